The summed E-state index contributed by atoms with van der Waals surface area (Å²) in [6.45, 7) is 5.94. The molecule has 1 heterocycles. The van der Waals surface area contributed by atoms with Crippen LogP contribution in [-0.4, -0.2) is 37.6 Å². The van der Waals surface area contributed by atoms with Gasteiger partial charge in [-0.25, -0.2) is 0 Å². The lowest BCUT2D eigenvalue weighted by Crippen LogP contribution is -2.51. The van der Waals surface area contributed by atoms with E-state index in [9.17, 15) is 0 Å². The molecule has 0 radical (unpaired) electrons. The highest BCUT2D eigenvalue weighted by Crippen LogP contribution is 2.44. The van der Waals surface area contributed by atoms with Gasteiger partial charge in [0.25, 0.3) is 0 Å². The van der Waals surface area contributed by atoms with E-state index in [1.54, 1.807) is 0 Å². The van der Waals surface area contributed by atoms with Crippen LogP contribution >= 0.6 is 15.9 Å². The van der Waals surface area contributed by atoms with Crippen molar-refractivity contribution in [2.75, 3.05) is 32.7 Å². The van der Waals surface area contributed by atoms with E-state index in [-0.39, 0.29) is 0 Å². The van der Waals surface area contributed by atoms with Gasteiger partial charge < -0.3 is 5.32 Å². The molecule has 1 saturated heterocycles. The fourth-order valence-electron chi connectivity index (χ4n) is 3.26. The molecular formula is C15H21BrN2. The van der Waals surface area contributed by atoms with E-state index >= 15 is 0 Å². The lowest BCUT2D eigenvalue weighted by molar-refractivity contribution is 0.128. The van der Waals surface area contributed by atoms with Crippen molar-refractivity contribution < 1.29 is 0 Å². The van der Waals surface area contributed by atoms with Crippen molar-refractivity contribution in [1.29, 1.82) is 0 Å². The van der Waals surface area contributed by atoms with E-state index in [1.165, 1.54) is 48.9 Å². The Morgan fingerprint density at radius 1 is 1.22 bits per heavy atom. The first-order valence-electron chi connectivity index (χ1n) is 6.98. The summed E-state index contributed by atoms with van der Waals surface area (Å²) in [6.07, 6.45) is 4.10. The summed E-state index contributed by atoms with van der Waals surface area (Å²) in [5.41, 5.74) is 1.96. The van der Waals surface area contributed by atoms with Crippen LogP contribution in [0.25, 0.3) is 0 Å². The van der Waals surface area contributed by atoms with Crippen molar-refractivity contribution in [3.8, 4) is 0 Å². The van der Waals surface area contributed by atoms with E-state index in [1.807, 2.05) is 0 Å². The zero-order valence-corrected chi connectivity index (χ0v) is 12.4. The molecule has 0 atom stereocenters. The predicted octanol–water partition coefficient (Wildman–Crippen LogP) is 2.78. The largest absolute Gasteiger partial charge is 0.314 e. The Balaban J connectivity index is 1.77. The van der Waals surface area contributed by atoms with Gasteiger partial charge >= 0.3 is 0 Å². The third kappa shape index (κ3) is 2.49. The highest BCUT2D eigenvalue weighted by atomic mass is 79.9. The number of hydrogen-bond acceptors (Lipinski definition) is 2. The monoisotopic (exact) mass is 308 g/mol. The first kappa shape index (κ1) is 12.6. The average molecular weight is 309 g/mol. The zero-order valence-electron chi connectivity index (χ0n) is 10.8. The molecule has 1 aliphatic heterocycles. The fourth-order valence-corrected chi connectivity index (χ4v) is 3.66. The lowest BCUT2D eigenvalue weighted by atomic mass is 9.64. The Hall–Kier alpha value is -0.380. The van der Waals surface area contributed by atoms with Crippen LogP contribution in [0.4, 0.5) is 0 Å². The van der Waals surface area contributed by atoms with Gasteiger partial charge in [0.05, 0.1) is 0 Å². The third-order valence-electron chi connectivity index (χ3n) is 4.48. The molecule has 0 amide bonds. The van der Waals surface area contributed by atoms with E-state index in [2.05, 4.69) is 50.4 Å². The molecule has 1 aromatic carbocycles. The summed E-state index contributed by atoms with van der Waals surface area (Å²) >= 11 is 3.61. The second-order valence-corrected chi connectivity index (χ2v) is 6.59. The summed E-state index contributed by atoms with van der Waals surface area (Å²) in [4.78, 5) is 2.64. The van der Waals surface area contributed by atoms with Gasteiger partial charge in [0.15, 0.2) is 0 Å². The van der Waals surface area contributed by atoms with Crippen molar-refractivity contribution in [2.24, 2.45) is 0 Å². The first-order valence-corrected chi connectivity index (χ1v) is 7.77. The minimum absolute atomic E-state index is 0.432. The highest BCUT2D eigenvalue weighted by Gasteiger charge is 2.40. The van der Waals surface area contributed by atoms with E-state index in [0.29, 0.717) is 5.41 Å². The second kappa shape index (κ2) is 5.32. The van der Waals surface area contributed by atoms with Crippen LogP contribution in [0.3, 0.4) is 0 Å². The van der Waals surface area contributed by atoms with Gasteiger partial charge in [-0.2, -0.15) is 0 Å². The molecule has 18 heavy (non-hydrogen) atoms. The number of hydrogen-bond donors (Lipinski definition) is 1. The minimum Gasteiger partial charge on any atom is -0.314 e. The SMILES string of the molecule is Brc1cccc(C2(CN3CCNCC3)CCC2)c1. The van der Waals surface area contributed by atoms with Gasteiger partial charge in [0.2, 0.25) is 0 Å². The third-order valence-corrected chi connectivity index (χ3v) is 4.98. The second-order valence-electron chi connectivity index (χ2n) is 5.67. The summed E-state index contributed by atoms with van der Waals surface area (Å²) in [5, 5.41) is 3.44. The summed E-state index contributed by atoms with van der Waals surface area (Å²) in [6, 6.07) is 8.94. The molecule has 3 heteroatoms. The number of nitrogens with one attached hydrogen (secondary N) is 1. The van der Waals surface area contributed by atoms with Gasteiger partial charge in [0, 0.05) is 42.6 Å². The minimum atomic E-state index is 0.432. The fraction of sp³-hybridized carbons (Fsp3) is 0.600. The molecule has 3 rings (SSSR count). The number of nitrogens with zero attached hydrogens (tertiary/aromatic N) is 1. The van der Waals surface area contributed by atoms with E-state index in [4.69, 9.17) is 0 Å². The van der Waals surface area contributed by atoms with E-state index in [0.717, 1.165) is 13.1 Å². The van der Waals surface area contributed by atoms with Crippen LogP contribution in [0, 0.1) is 0 Å². The van der Waals surface area contributed by atoms with Crippen LogP contribution in [-0.2, 0) is 5.41 Å². The molecule has 1 aliphatic carbocycles. The molecule has 1 N–H and O–H groups in total. The number of halogens is 1. The van der Waals surface area contributed by atoms with E-state index < -0.39 is 0 Å². The maximum absolute atomic E-state index is 3.61. The van der Waals surface area contributed by atoms with Gasteiger partial charge in [-0.15, -0.1) is 0 Å². The van der Waals surface area contributed by atoms with Crippen molar-refractivity contribution >= 4 is 15.9 Å². The molecule has 0 spiro atoms. The molecule has 2 nitrogen and oxygen atoms in total. The Bertz CT molecular complexity index is 409. The van der Waals surface area contributed by atoms with Gasteiger partial charge in [-0.3, -0.25) is 4.90 Å². The maximum atomic E-state index is 3.61. The molecule has 0 unspecified atom stereocenters. The van der Waals surface area contributed by atoms with Crippen LogP contribution < -0.4 is 5.32 Å². The molecule has 1 saturated carbocycles. The average Bonchev–Trinajstić information content (AvgIpc) is 2.35. The summed E-state index contributed by atoms with van der Waals surface area (Å²) in [7, 11) is 0. The van der Waals surface area contributed by atoms with Crippen molar-refractivity contribution in [3.63, 3.8) is 0 Å². The van der Waals surface area contributed by atoms with Gasteiger partial charge in [0.1, 0.15) is 0 Å². The zero-order chi connectivity index (χ0) is 12.4. The summed E-state index contributed by atoms with van der Waals surface area (Å²) in [5.74, 6) is 0. The van der Waals surface area contributed by atoms with Crippen molar-refractivity contribution in [1.82, 2.24) is 10.2 Å². The predicted molar refractivity (Wildman–Crippen MR) is 79.0 cm³/mol. The first-order chi connectivity index (χ1) is 8.78. The molecule has 2 aliphatic rings. The molecule has 1 aromatic rings. The summed E-state index contributed by atoms with van der Waals surface area (Å²) < 4.78 is 1.21. The Morgan fingerprint density at radius 2 is 2.00 bits per heavy atom. The molecule has 0 bridgehead atoms. The Morgan fingerprint density at radius 3 is 2.61 bits per heavy atom. The molecular weight excluding hydrogens is 288 g/mol. The standard InChI is InChI=1S/C15H21BrN2/c16-14-4-1-3-13(11-14)15(5-2-6-15)12-18-9-7-17-8-10-18/h1,3-4,11,17H,2,5-10,12H2. The number of benzene rings is 1. The van der Waals surface area contributed by atoms with Crippen LogP contribution in [0.15, 0.2) is 28.7 Å². The van der Waals surface area contributed by atoms with Gasteiger partial charge in [-0.05, 0) is 30.5 Å². The van der Waals surface area contributed by atoms with Crippen LogP contribution in [0.2, 0.25) is 0 Å². The number of rotatable bonds is 3. The van der Waals surface area contributed by atoms with Crippen molar-refractivity contribution in [2.45, 2.75) is 24.7 Å². The Kier molecular flexibility index (Phi) is 3.73. The van der Waals surface area contributed by atoms with Crippen LogP contribution in [0.1, 0.15) is 24.8 Å². The van der Waals surface area contributed by atoms with Gasteiger partial charge in [-0.1, -0.05) is 34.5 Å². The Labute approximate surface area is 118 Å². The smallest absolute Gasteiger partial charge is 0.0178 e. The lowest BCUT2D eigenvalue weighted by Gasteiger charge is -2.46. The number of piperazine rings is 1. The van der Waals surface area contributed by atoms with Crippen LogP contribution in [0.5, 0.6) is 0 Å². The quantitative estimate of drug-likeness (QED) is 0.923. The topological polar surface area (TPSA) is 15.3 Å². The normalized spacial score (nSPS) is 23.6. The molecule has 98 valence electrons. The molecule has 0 aromatic heterocycles. The maximum Gasteiger partial charge on any atom is 0.0178 e. The molecule has 2 fully saturated rings. The highest BCUT2D eigenvalue weighted by molar-refractivity contribution is 9.10. The van der Waals surface area contributed by atoms with Crippen molar-refractivity contribution in [3.05, 3.63) is 34.3 Å².